The van der Waals surface area contributed by atoms with Gasteiger partial charge in [-0.25, -0.2) is 4.39 Å². The van der Waals surface area contributed by atoms with Gasteiger partial charge in [-0.05, 0) is 74.5 Å². The van der Waals surface area contributed by atoms with E-state index in [0.29, 0.717) is 18.1 Å². The minimum atomic E-state index is -2.08. The lowest BCUT2D eigenvalue weighted by Crippen LogP contribution is -2.56. The van der Waals surface area contributed by atoms with Gasteiger partial charge in [-0.2, -0.15) is 0 Å². The molecular weight excluding hydrogens is 569 g/mol. The molecule has 238 valence electrons. The topological polar surface area (TPSA) is 57.8 Å². The highest BCUT2D eigenvalue weighted by molar-refractivity contribution is 6.74. The molecule has 1 amide bonds. The van der Waals surface area contributed by atoms with Crippen LogP contribution in [0.1, 0.15) is 88.7 Å². The van der Waals surface area contributed by atoms with E-state index in [9.17, 15) is 4.79 Å². The van der Waals surface area contributed by atoms with Gasteiger partial charge in [-0.1, -0.05) is 45.4 Å². The summed E-state index contributed by atoms with van der Waals surface area (Å²) >= 11 is 0. The van der Waals surface area contributed by atoms with Gasteiger partial charge in [0.15, 0.2) is 8.32 Å². The average Bonchev–Trinajstić information content (AvgIpc) is 3.35. The van der Waals surface area contributed by atoms with Crippen LogP contribution in [0.5, 0.6) is 5.75 Å². The predicted molar refractivity (Wildman–Crippen MR) is 177 cm³/mol. The molecule has 2 aromatic carbocycles. The van der Waals surface area contributed by atoms with Gasteiger partial charge in [0.1, 0.15) is 11.6 Å². The van der Waals surface area contributed by atoms with Gasteiger partial charge in [-0.15, -0.1) is 0 Å². The molecule has 1 saturated carbocycles. The minimum absolute atomic E-state index is 0.0708. The van der Waals surface area contributed by atoms with Crippen LogP contribution in [0, 0.1) is 11.7 Å². The summed E-state index contributed by atoms with van der Waals surface area (Å²) in [6.45, 7) is 16.4. The summed E-state index contributed by atoms with van der Waals surface area (Å²) in [7, 11) is -0.374. The number of benzene rings is 2. The van der Waals surface area contributed by atoms with Crippen LogP contribution in [-0.2, 0) is 14.6 Å². The van der Waals surface area contributed by atoms with Crippen molar-refractivity contribution in [3.63, 3.8) is 0 Å². The fourth-order valence-corrected chi connectivity index (χ4v) is 8.42. The fourth-order valence-electron chi connectivity index (χ4n) is 7.41. The van der Waals surface area contributed by atoms with E-state index in [1.54, 1.807) is 19.2 Å². The number of halogens is 1. The number of nitrogens with zero attached hydrogens (tertiary/aromatic N) is 2. The van der Waals surface area contributed by atoms with Crippen LogP contribution >= 0.6 is 0 Å². The van der Waals surface area contributed by atoms with Crippen LogP contribution < -0.4 is 4.74 Å². The first-order valence-corrected chi connectivity index (χ1v) is 19.4. The van der Waals surface area contributed by atoms with Crippen molar-refractivity contribution in [3.05, 3.63) is 65.1 Å². The molecule has 6 nitrogen and oxygen atoms in total. The summed E-state index contributed by atoms with van der Waals surface area (Å²) in [6.07, 6.45) is 4.98. The first-order valence-electron chi connectivity index (χ1n) is 16.5. The molecule has 3 aliphatic rings. The third-order valence-corrected chi connectivity index (χ3v) is 16.0. The highest BCUT2D eigenvalue weighted by atomic mass is 28.4. The van der Waals surface area contributed by atoms with E-state index in [0.717, 1.165) is 63.0 Å². The maximum Gasteiger partial charge on any atom is 0.225 e. The normalized spacial score (nSPS) is 21.7. The number of ether oxygens (including phenoxy) is 1. The summed E-state index contributed by atoms with van der Waals surface area (Å²) in [5.74, 6) is 1.19. The standard InChI is InChI=1S/C36H50FN3O3Si/c1-24(27-13-8-9-14-29(27)37)40-23-36(17-19-39(20-18-36)34(41)25-11-10-12-25)32-28-16-15-26(42-5)21-30(28)38-33(32)31(40)22-43-44(6,7)35(2,3)4/h8-9,13-16,21,24-25,31,38H,10-12,17-20,22-23H2,1-7H3. The van der Waals surface area contributed by atoms with Crippen molar-refractivity contribution in [2.24, 2.45) is 5.92 Å². The molecule has 0 radical (unpaired) electrons. The summed E-state index contributed by atoms with van der Waals surface area (Å²) in [4.78, 5) is 21.7. The van der Waals surface area contributed by atoms with Crippen molar-refractivity contribution in [1.29, 1.82) is 0 Å². The van der Waals surface area contributed by atoms with Gasteiger partial charge >= 0.3 is 0 Å². The number of aromatic amines is 1. The summed E-state index contributed by atoms with van der Waals surface area (Å²) in [6, 6.07) is 13.3. The van der Waals surface area contributed by atoms with E-state index < -0.39 is 8.32 Å². The molecule has 2 aliphatic heterocycles. The van der Waals surface area contributed by atoms with Crippen LogP contribution in [0.3, 0.4) is 0 Å². The fraction of sp³-hybridized carbons (Fsp3) is 0.583. The molecule has 1 aliphatic carbocycles. The Hall–Kier alpha value is -2.68. The quantitative estimate of drug-likeness (QED) is 0.272. The zero-order valence-corrected chi connectivity index (χ0v) is 28.6. The number of H-pyrrole nitrogens is 1. The first kappa shape index (κ1) is 31.3. The van der Waals surface area contributed by atoms with Crippen LogP contribution in [0.15, 0.2) is 42.5 Å². The molecular formula is C36H50FN3O3Si. The maximum absolute atomic E-state index is 15.4. The SMILES string of the molecule is COc1ccc2c3c([nH]c2c1)C(CO[Si](C)(C)C(C)(C)C)N(C(C)c1ccccc1F)CC31CCN(C(=O)C2CCC2)CC1. The molecule has 1 saturated heterocycles. The summed E-state index contributed by atoms with van der Waals surface area (Å²) in [5.41, 5.74) is 4.11. The molecule has 1 spiro atoms. The lowest BCUT2D eigenvalue weighted by molar-refractivity contribution is -0.140. The number of carbonyl (C=O) groups is 1. The molecule has 0 bridgehead atoms. The van der Waals surface area contributed by atoms with Gasteiger partial charge in [0.2, 0.25) is 5.91 Å². The second kappa shape index (κ2) is 11.6. The number of nitrogens with one attached hydrogen (secondary N) is 1. The number of rotatable bonds is 7. The Morgan fingerprint density at radius 3 is 2.45 bits per heavy atom. The molecule has 1 N–H and O–H groups in total. The zero-order chi connectivity index (χ0) is 31.4. The number of likely N-dealkylation sites (tertiary alicyclic amines) is 1. The van der Waals surface area contributed by atoms with Gasteiger partial charge in [0.25, 0.3) is 0 Å². The van der Waals surface area contributed by atoms with E-state index >= 15 is 4.39 Å². The number of hydrogen-bond donors (Lipinski definition) is 1. The second-order valence-corrected chi connectivity index (χ2v) is 19.8. The van der Waals surface area contributed by atoms with Crippen molar-refractivity contribution in [2.75, 3.05) is 33.4 Å². The molecule has 3 heterocycles. The Bertz CT molecular complexity index is 1520. The van der Waals surface area contributed by atoms with Crippen LogP contribution in [0.2, 0.25) is 18.1 Å². The van der Waals surface area contributed by atoms with Gasteiger partial charge in [0.05, 0.1) is 19.8 Å². The Kier molecular flexibility index (Phi) is 8.25. The molecule has 2 unspecified atom stereocenters. The van der Waals surface area contributed by atoms with Crippen molar-refractivity contribution < 1.29 is 18.3 Å². The van der Waals surface area contributed by atoms with E-state index in [1.165, 1.54) is 16.6 Å². The van der Waals surface area contributed by atoms with Crippen LogP contribution in [0.25, 0.3) is 10.9 Å². The lowest BCUT2D eigenvalue weighted by Gasteiger charge is -2.53. The Labute approximate surface area is 263 Å². The van der Waals surface area contributed by atoms with Crippen molar-refractivity contribution in [1.82, 2.24) is 14.8 Å². The number of amides is 1. The number of methoxy groups -OCH3 is 1. The lowest BCUT2D eigenvalue weighted by atomic mass is 9.67. The highest BCUT2D eigenvalue weighted by Crippen LogP contribution is 2.52. The number of fused-ring (bicyclic) bond motifs is 4. The van der Waals surface area contributed by atoms with Crippen molar-refractivity contribution in [2.45, 2.75) is 95.4 Å². The smallest absolute Gasteiger partial charge is 0.225 e. The first-order chi connectivity index (χ1) is 20.8. The van der Waals surface area contributed by atoms with Gasteiger partial charge in [0, 0.05) is 65.2 Å². The van der Waals surface area contributed by atoms with Gasteiger partial charge in [-0.3, -0.25) is 9.69 Å². The number of carbonyl (C=O) groups excluding carboxylic acids is 1. The minimum Gasteiger partial charge on any atom is -0.497 e. The van der Waals surface area contributed by atoms with Crippen LogP contribution in [-0.4, -0.2) is 62.4 Å². The predicted octanol–water partition coefficient (Wildman–Crippen LogP) is 8.12. The van der Waals surface area contributed by atoms with E-state index in [-0.39, 0.29) is 34.3 Å². The van der Waals surface area contributed by atoms with Crippen molar-refractivity contribution in [3.8, 4) is 5.75 Å². The third kappa shape index (κ3) is 5.41. The number of piperidine rings is 1. The average molecular weight is 620 g/mol. The second-order valence-electron chi connectivity index (χ2n) is 15.0. The Balaban J connectivity index is 1.45. The summed E-state index contributed by atoms with van der Waals surface area (Å²) < 4.78 is 27.9. The molecule has 2 atom stereocenters. The molecule has 3 aromatic rings. The largest absolute Gasteiger partial charge is 0.497 e. The molecule has 1 aromatic heterocycles. The Morgan fingerprint density at radius 2 is 1.84 bits per heavy atom. The molecule has 8 heteroatoms. The van der Waals surface area contributed by atoms with Crippen LogP contribution in [0.4, 0.5) is 4.39 Å². The number of aromatic nitrogens is 1. The maximum atomic E-state index is 15.4. The zero-order valence-electron chi connectivity index (χ0n) is 27.6. The molecule has 6 rings (SSSR count). The number of hydrogen-bond acceptors (Lipinski definition) is 4. The monoisotopic (exact) mass is 619 g/mol. The van der Waals surface area contributed by atoms with E-state index in [4.69, 9.17) is 9.16 Å². The van der Waals surface area contributed by atoms with Crippen molar-refractivity contribution >= 4 is 25.1 Å². The Morgan fingerprint density at radius 1 is 1.14 bits per heavy atom. The third-order valence-electron chi connectivity index (χ3n) is 11.5. The molecule has 44 heavy (non-hydrogen) atoms. The van der Waals surface area contributed by atoms with E-state index in [2.05, 4.69) is 73.8 Å². The van der Waals surface area contributed by atoms with E-state index in [1.807, 2.05) is 12.1 Å². The molecule has 2 fully saturated rings. The van der Waals surface area contributed by atoms with Gasteiger partial charge < -0.3 is 19.0 Å². The summed E-state index contributed by atoms with van der Waals surface area (Å²) in [5, 5.41) is 1.29. The highest BCUT2D eigenvalue weighted by Gasteiger charge is 2.50.